The minimum atomic E-state index is -1.05. The maximum Gasteiger partial charge on any atom is 0.229 e. The van der Waals surface area contributed by atoms with Crippen molar-refractivity contribution in [3.05, 3.63) is 40.9 Å². The van der Waals surface area contributed by atoms with Crippen molar-refractivity contribution in [3.8, 4) is 0 Å². The third-order valence-electron chi connectivity index (χ3n) is 5.19. The molecule has 2 unspecified atom stereocenters. The lowest BCUT2D eigenvalue weighted by Gasteiger charge is -2.38. The molecule has 0 radical (unpaired) electrons. The number of halogens is 2. The van der Waals surface area contributed by atoms with Crippen LogP contribution in [0.25, 0.3) is 0 Å². The zero-order chi connectivity index (χ0) is 20.0. The minimum Gasteiger partial charge on any atom is -0.391 e. The minimum absolute atomic E-state index is 0.0321. The van der Waals surface area contributed by atoms with E-state index in [1.54, 1.807) is 6.20 Å². The zero-order valence-electron chi connectivity index (χ0n) is 15.2. The second kappa shape index (κ2) is 7.32. The lowest BCUT2D eigenvalue weighted by Crippen LogP contribution is -2.50. The van der Waals surface area contributed by atoms with Gasteiger partial charge in [-0.05, 0) is 25.1 Å². The van der Waals surface area contributed by atoms with Gasteiger partial charge in [-0.1, -0.05) is 11.6 Å². The van der Waals surface area contributed by atoms with E-state index in [1.807, 2.05) is 16.5 Å². The number of β-amino-alcohol motifs (C(OH)–C–C–N with tert-alkyl or cyclic N) is 1. The fraction of sp³-hybridized carbons (Fsp3) is 0.444. The highest BCUT2D eigenvalue weighted by molar-refractivity contribution is 6.31. The first kappa shape index (κ1) is 19.1. The molecule has 0 spiro atoms. The van der Waals surface area contributed by atoms with Gasteiger partial charge in [-0.2, -0.15) is 5.10 Å². The molecule has 4 rings (SSSR count). The summed E-state index contributed by atoms with van der Waals surface area (Å²) < 4.78 is 15.2. The Morgan fingerprint density at radius 2 is 2.18 bits per heavy atom. The molecule has 1 fully saturated rings. The number of nitrogens with one attached hydrogen (secondary N) is 1. The third kappa shape index (κ3) is 3.46. The molecule has 1 saturated heterocycles. The van der Waals surface area contributed by atoms with Crippen molar-refractivity contribution in [3.63, 3.8) is 0 Å². The molecule has 3 atom stereocenters. The average molecular weight is 410 g/mol. The van der Waals surface area contributed by atoms with Crippen molar-refractivity contribution in [2.75, 3.05) is 16.8 Å². The van der Waals surface area contributed by atoms with Gasteiger partial charge in [-0.3, -0.25) is 14.4 Å². The normalized spacial score (nSPS) is 23.8. The molecule has 8 nitrogen and oxygen atoms in total. The molecule has 2 aromatic rings. The van der Waals surface area contributed by atoms with E-state index in [4.69, 9.17) is 11.6 Å². The Bertz CT molecular complexity index is 907. The molecule has 0 saturated carbocycles. The number of nitrogens with zero attached hydrogens (tertiary/aromatic N) is 4. The molecule has 0 aliphatic carbocycles. The SMILES string of the molecule is C[C@H]1Cn2ncc(N3CC(O)CC3=O)c2CN1C(O)Nc1ccc(F)c(Cl)c1. The Balaban J connectivity index is 1.54. The predicted molar refractivity (Wildman–Crippen MR) is 101 cm³/mol. The number of hydrogen-bond donors (Lipinski definition) is 3. The van der Waals surface area contributed by atoms with Crippen molar-refractivity contribution in [2.45, 2.75) is 44.9 Å². The van der Waals surface area contributed by atoms with Gasteiger partial charge < -0.3 is 20.4 Å². The molecular formula is C18H21ClFN5O3. The smallest absolute Gasteiger partial charge is 0.229 e. The molecule has 0 bridgehead atoms. The first-order valence-corrected chi connectivity index (χ1v) is 9.40. The zero-order valence-corrected chi connectivity index (χ0v) is 16.0. The van der Waals surface area contributed by atoms with E-state index in [0.717, 1.165) is 5.69 Å². The van der Waals surface area contributed by atoms with E-state index < -0.39 is 18.3 Å². The van der Waals surface area contributed by atoms with Crippen LogP contribution in [0.2, 0.25) is 5.02 Å². The highest BCUT2D eigenvalue weighted by Crippen LogP contribution is 2.31. The molecule has 1 amide bonds. The number of carbonyl (C=O) groups excluding carboxylic acids is 1. The van der Waals surface area contributed by atoms with Crippen molar-refractivity contribution in [2.24, 2.45) is 0 Å². The van der Waals surface area contributed by atoms with E-state index in [0.29, 0.717) is 24.5 Å². The Morgan fingerprint density at radius 1 is 1.39 bits per heavy atom. The van der Waals surface area contributed by atoms with Gasteiger partial charge in [0.1, 0.15) is 5.82 Å². The van der Waals surface area contributed by atoms with Gasteiger partial charge in [-0.15, -0.1) is 0 Å². The number of amides is 1. The van der Waals surface area contributed by atoms with Crippen LogP contribution in [0.5, 0.6) is 0 Å². The third-order valence-corrected chi connectivity index (χ3v) is 5.48. The maximum absolute atomic E-state index is 13.3. The average Bonchev–Trinajstić information content (AvgIpc) is 3.19. The summed E-state index contributed by atoms with van der Waals surface area (Å²) in [5.74, 6) is -0.674. The Labute approximate surface area is 166 Å². The van der Waals surface area contributed by atoms with E-state index in [1.165, 1.54) is 23.1 Å². The summed E-state index contributed by atoms with van der Waals surface area (Å²) in [6.45, 7) is 3.07. The molecule has 1 aromatic carbocycles. The van der Waals surface area contributed by atoms with Crippen LogP contribution in [0.1, 0.15) is 19.0 Å². The molecule has 10 heteroatoms. The highest BCUT2D eigenvalue weighted by atomic mass is 35.5. The van der Waals surface area contributed by atoms with Crippen molar-refractivity contribution in [1.29, 1.82) is 0 Å². The summed E-state index contributed by atoms with van der Waals surface area (Å²) in [4.78, 5) is 15.5. The second-order valence-electron chi connectivity index (χ2n) is 7.19. The van der Waals surface area contributed by atoms with Gasteiger partial charge in [0.15, 0.2) is 6.35 Å². The molecule has 2 aliphatic rings. The van der Waals surface area contributed by atoms with Crippen molar-refractivity contribution in [1.82, 2.24) is 14.7 Å². The van der Waals surface area contributed by atoms with E-state index >= 15 is 0 Å². The number of carbonyl (C=O) groups is 1. The molecule has 28 heavy (non-hydrogen) atoms. The Morgan fingerprint density at radius 3 is 2.86 bits per heavy atom. The number of aliphatic hydroxyl groups excluding tert-OH is 2. The predicted octanol–water partition coefficient (Wildman–Crippen LogP) is 1.37. The fourth-order valence-electron chi connectivity index (χ4n) is 3.70. The van der Waals surface area contributed by atoms with Crippen LogP contribution in [0.3, 0.4) is 0 Å². The molecule has 2 aliphatic heterocycles. The number of aliphatic hydroxyl groups is 2. The molecular weight excluding hydrogens is 389 g/mol. The summed E-state index contributed by atoms with van der Waals surface area (Å²) >= 11 is 5.80. The molecule has 1 aromatic heterocycles. The van der Waals surface area contributed by atoms with Crippen LogP contribution in [0, 0.1) is 5.82 Å². The lowest BCUT2D eigenvalue weighted by atomic mass is 10.2. The number of rotatable bonds is 4. The Hall–Kier alpha value is -2.20. The van der Waals surface area contributed by atoms with Crippen LogP contribution >= 0.6 is 11.6 Å². The summed E-state index contributed by atoms with van der Waals surface area (Å²) in [5, 5.41) is 27.7. The van der Waals surface area contributed by atoms with Crippen LogP contribution in [0.4, 0.5) is 15.8 Å². The Kier molecular flexibility index (Phi) is 5.00. The van der Waals surface area contributed by atoms with Crippen molar-refractivity contribution < 1.29 is 19.4 Å². The van der Waals surface area contributed by atoms with Gasteiger partial charge >= 0.3 is 0 Å². The topological polar surface area (TPSA) is 93.9 Å². The summed E-state index contributed by atoms with van der Waals surface area (Å²) in [6, 6.07) is 4.10. The number of hydrogen-bond acceptors (Lipinski definition) is 6. The van der Waals surface area contributed by atoms with E-state index in [2.05, 4.69) is 10.4 Å². The quantitative estimate of drug-likeness (QED) is 0.660. The van der Waals surface area contributed by atoms with Gasteiger partial charge in [-0.25, -0.2) is 4.39 Å². The van der Waals surface area contributed by atoms with Crippen LogP contribution in [0.15, 0.2) is 24.4 Å². The number of anilines is 2. The first-order chi connectivity index (χ1) is 13.3. The molecule has 150 valence electrons. The van der Waals surface area contributed by atoms with Gasteiger partial charge in [0.25, 0.3) is 0 Å². The van der Waals surface area contributed by atoms with Gasteiger partial charge in [0.2, 0.25) is 5.91 Å². The largest absolute Gasteiger partial charge is 0.391 e. The van der Waals surface area contributed by atoms with Crippen LogP contribution in [-0.2, 0) is 17.9 Å². The van der Waals surface area contributed by atoms with Gasteiger partial charge in [0.05, 0.1) is 48.2 Å². The highest BCUT2D eigenvalue weighted by Gasteiger charge is 2.36. The monoisotopic (exact) mass is 409 g/mol. The first-order valence-electron chi connectivity index (χ1n) is 9.02. The van der Waals surface area contributed by atoms with Crippen LogP contribution < -0.4 is 10.2 Å². The lowest BCUT2D eigenvalue weighted by molar-refractivity contribution is -0.117. The van der Waals surface area contributed by atoms with Crippen molar-refractivity contribution >= 4 is 28.9 Å². The number of benzene rings is 1. The van der Waals surface area contributed by atoms with Gasteiger partial charge in [0, 0.05) is 18.3 Å². The molecule has 3 N–H and O–H groups in total. The summed E-state index contributed by atoms with van der Waals surface area (Å²) in [6.07, 6.45) is -0.00793. The summed E-state index contributed by atoms with van der Waals surface area (Å²) in [7, 11) is 0. The number of fused-ring (bicyclic) bond motifs is 1. The standard InChI is InChI=1S/C18H21ClFN5O3/c1-10-7-25-16(15(6-21-25)24-8-12(26)5-17(24)27)9-23(10)18(28)22-11-2-3-14(20)13(19)4-11/h2-4,6,10,12,18,22,26,28H,5,7-9H2,1H3/t10-,12?,18?/m0/s1. The van der Waals surface area contributed by atoms with E-state index in [-0.39, 0.29) is 29.9 Å². The van der Waals surface area contributed by atoms with Crippen LogP contribution in [-0.4, -0.2) is 55.8 Å². The van der Waals surface area contributed by atoms with E-state index in [9.17, 15) is 19.4 Å². The fourth-order valence-corrected chi connectivity index (χ4v) is 3.88. The number of aromatic nitrogens is 2. The second-order valence-corrected chi connectivity index (χ2v) is 7.60. The maximum atomic E-state index is 13.3. The molecule has 3 heterocycles. The summed E-state index contributed by atoms with van der Waals surface area (Å²) in [5.41, 5.74) is 1.93.